The summed E-state index contributed by atoms with van der Waals surface area (Å²) in [5, 5.41) is 9.34. The lowest BCUT2D eigenvalue weighted by molar-refractivity contribution is -0.139. The summed E-state index contributed by atoms with van der Waals surface area (Å²) in [6.07, 6.45) is 1.51. The zero-order valence-electron chi connectivity index (χ0n) is 24.7. The zero-order valence-corrected chi connectivity index (χ0v) is 26.3. The van der Waals surface area contributed by atoms with Crippen LogP contribution in [0.1, 0.15) is 42.1 Å². The number of hydrazone groups is 1. The number of esters is 1. The van der Waals surface area contributed by atoms with Crippen LogP contribution in [0.2, 0.25) is 0 Å². The van der Waals surface area contributed by atoms with Crippen molar-refractivity contribution in [3.8, 4) is 17.2 Å². The van der Waals surface area contributed by atoms with E-state index in [1.807, 2.05) is 49.4 Å². The van der Waals surface area contributed by atoms with Gasteiger partial charge in [-0.25, -0.2) is 15.0 Å². The number of benzene rings is 3. The Kier molecular flexibility index (Phi) is 11.0. The lowest BCUT2D eigenvalue weighted by Crippen LogP contribution is -2.45. The number of allylic oxidation sites excluding steroid dienone is 1. The highest BCUT2D eigenvalue weighted by Gasteiger charge is 2.32. The van der Waals surface area contributed by atoms with E-state index in [0.29, 0.717) is 35.1 Å². The van der Waals surface area contributed by atoms with Gasteiger partial charge in [0.2, 0.25) is 0 Å². The van der Waals surface area contributed by atoms with E-state index in [1.54, 1.807) is 32.0 Å². The van der Waals surface area contributed by atoms with Crippen molar-refractivity contribution in [2.45, 2.75) is 33.4 Å². The van der Waals surface area contributed by atoms with E-state index in [1.165, 1.54) is 18.9 Å². The lowest BCUT2D eigenvalue weighted by Gasteiger charge is -2.28. The summed E-state index contributed by atoms with van der Waals surface area (Å²) < 4.78 is 22.9. The summed E-state index contributed by atoms with van der Waals surface area (Å²) in [6, 6.07) is 17.3. The van der Waals surface area contributed by atoms with E-state index in [9.17, 15) is 14.4 Å². The Morgan fingerprint density at radius 1 is 1.00 bits per heavy atom. The molecule has 1 atom stereocenters. The molecule has 0 aliphatic carbocycles. The van der Waals surface area contributed by atoms with Gasteiger partial charge in [0.05, 0.1) is 36.0 Å². The third-order valence-corrected chi connectivity index (χ3v) is 7.14. The van der Waals surface area contributed by atoms with Gasteiger partial charge in [0, 0.05) is 5.70 Å². The molecule has 1 aliphatic rings. The number of halogens is 1. The number of carbonyl (C=O) groups is 3. The van der Waals surface area contributed by atoms with Gasteiger partial charge in [0.1, 0.15) is 12.4 Å². The molecule has 1 aliphatic heterocycles. The van der Waals surface area contributed by atoms with E-state index in [0.717, 1.165) is 15.6 Å². The number of nitrogens with zero attached hydrogens (tertiary/aromatic N) is 1. The van der Waals surface area contributed by atoms with Crippen LogP contribution >= 0.6 is 15.9 Å². The fourth-order valence-electron chi connectivity index (χ4n) is 4.32. The molecular weight excluding hydrogens is 632 g/mol. The van der Waals surface area contributed by atoms with Gasteiger partial charge in [-0.2, -0.15) is 5.10 Å². The van der Waals surface area contributed by atoms with Crippen molar-refractivity contribution in [3.05, 3.63) is 98.7 Å². The average Bonchev–Trinajstić information content (AvgIpc) is 3.00. The van der Waals surface area contributed by atoms with Crippen molar-refractivity contribution in [1.29, 1.82) is 0 Å². The number of nitrogens with one attached hydrogen (secondary N) is 3. The predicted molar refractivity (Wildman–Crippen MR) is 168 cm³/mol. The van der Waals surface area contributed by atoms with Crippen LogP contribution in [0.5, 0.6) is 17.2 Å². The number of ether oxygens (including phenoxy) is 4. The molecule has 0 spiro atoms. The highest BCUT2D eigenvalue weighted by Crippen LogP contribution is 2.34. The number of rotatable bonds is 12. The van der Waals surface area contributed by atoms with Crippen molar-refractivity contribution in [2.75, 3.05) is 20.3 Å². The minimum Gasteiger partial charge on any atom is -0.493 e. The van der Waals surface area contributed by atoms with Crippen LogP contribution in [-0.2, 0) is 20.9 Å². The second-order valence-corrected chi connectivity index (χ2v) is 10.6. The third kappa shape index (κ3) is 8.38. The van der Waals surface area contributed by atoms with Crippen LogP contribution in [0.3, 0.4) is 0 Å². The Labute approximate surface area is 263 Å². The minimum atomic E-state index is -0.766. The van der Waals surface area contributed by atoms with Crippen molar-refractivity contribution in [1.82, 2.24) is 16.1 Å². The number of hydrogen-bond donors (Lipinski definition) is 3. The summed E-state index contributed by atoms with van der Waals surface area (Å²) in [5.74, 6) is 0.249. The number of urea groups is 1. The Bertz CT molecular complexity index is 1590. The van der Waals surface area contributed by atoms with Crippen LogP contribution in [0.15, 0.2) is 81.5 Å². The van der Waals surface area contributed by atoms with Gasteiger partial charge in [-0.05, 0) is 83.7 Å². The smallest absolute Gasteiger partial charge is 0.338 e. The summed E-state index contributed by atoms with van der Waals surface area (Å²) in [5.41, 5.74) is 6.67. The molecule has 3 N–H and O–H groups in total. The van der Waals surface area contributed by atoms with E-state index in [4.69, 9.17) is 18.9 Å². The van der Waals surface area contributed by atoms with Crippen LogP contribution in [0.25, 0.3) is 0 Å². The molecule has 0 saturated carbocycles. The Balaban J connectivity index is 1.33. The van der Waals surface area contributed by atoms with E-state index in [-0.39, 0.29) is 18.8 Å². The molecule has 0 aromatic heterocycles. The SMILES string of the molecule is CCOC(=O)C1=C(C)NC(=O)N[C@H]1c1ccc(OCC(=O)N/N=C\c2ccc(OCc3ccc(C)cc3)c(Br)c2)c(OC)c1. The Morgan fingerprint density at radius 2 is 1.75 bits per heavy atom. The van der Waals surface area contributed by atoms with Crippen molar-refractivity contribution in [3.63, 3.8) is 0 Å². The van der Waals surface area contributed by atoms with Gasteiger partial charge < -0.3 is 29.6 Å². The maximum atomic E-state index is 12.6. The molecule has 230 valence electrons. The molecule has 0 unspecified atom stereocenters. The molecule has 0 bridgehead atoms. The molecule has 0 fully saturated rings. The fraction of sp³-hybridized carbons (Fsp3) is 0.250. The number of hydrogen-bond acceptors (Lipinski definition) is 8. The van der Waals surface area contributed by atoms with Crippen LogP contribution in [0.4, 0.5) is 4.79 Å². The Morgan fingerprint density at radius 3 is 2.45 bits per heavy atom. The molecule has 11 nitrogen and oxygen atoms in total. The van der Waals surface area contributed by atoms with E-state index < -0.39 is 23.9 Å². The van der Waals surface area contributed by atoms with E-state index in [2.05, 4.69) is 37.1 Å². The van der Waals surface area contributed by atoms with Gasteiger partial charge in [-0.15, -0.1) is 0 Å². The van der Waals surface area contributed by atoms with Crippen molar-refractivity contribution >= 4 is 40.1 Å². The molecule has 4 rings (SSSR count). The number of aryl methyl sites for hydroxylation is 1. The number of carbonyl (C=O) groups excluding carboxylic acids is 3. The van der Waals surface area contributed by atoms with Crippen LogP contribution in [-0.4, -0.2) is 44.4 Å². The second-order valence-electron chi connectivity index (χ2n) is 9.75. The van der Waals surface area contributed by atoms with Crippen LogP contribution in [0, 0.1) is 6.92 Å². The average molecular weight is 666 g/mol. The first-order chi connectivity index (χ1) is 21.2. The Hall–Kier alpha value is -4.84. The highest BCUT2D eigenvalue weighted by molar-refractivity contribution is 9.10. The van der Waals surface area contributed by atoms with Crippen molar-refractivity contribution < 1.29 is 33.3 Å². The maximum Gasteiger partial charge on any atom is 0.338 e. The van der Waals surface area contributed by atoms with E-state index >= 15 is 0 Å². The quantitative estimate of drug-likeness (QED) is 0.140. The molecule has 1 heterocycles. The molecule has 44 heavy (non-hydrogen) atoms. The van der Waals surface area contributed by atoms with Gasteiger partial charge in [-0.3, -0.25) is 4.79 Å². The first kappa shape index (κ1) is 32.1. The number of amides is 3. The predicted octanol–water partition coefficient (Wildman–Crippen LogP) is 5.07. The first-order valence-corrected chi connectivity index (χ1v) is 14.5. The van der Waals surface area contributed by atoms with Crippen LogP contribution < -0.4 is 30.3 Å². The number of methoxy groups -OCH3 is 1. The molecule has 3 amide bonds. The highest BCUT2D eigenvalue weighted by atomic mass is 79.9. The summed E-state index contributed by atoms with van der Waals surface area (Å²) in [6.45, 7) is 5.66. The summed E-state index contributed by atoms with van der Waals surface area (Å²) >= 11 is 3.52. The summed E-state index contributed by atoms with van der Waals surface area (Å²) in [7, 11) is 1.45. The first-order valence-electron chi connectivity index (χ1n) is 13.7. The standard InChI is InChI=1S/C32H33BrN4O7/c1-5-42-31(39)29-20(3)35-32(40)36-30(29)23-11-13-26(27(15-23)41-4)44-18-28(38)37-34-16-22-10-12-25(24(33)14-22)43-17-21-8-6-19(2)7-9-21/h6-16,30H,5,17-18H2,1-4H3,(H,37,38)(H2,35,36,40)/b34-16-/t30-/m0/s1. The minimum absolute atomic E-state index is 0.187. The lowest BCUT2D eigenvalue weighted by atomic mass is 9.95. The fourth-order valence-corrected chi connectivity index (χ4v) is 4.83. The maximum absolute atomic E-state index is 12.6. The molecule has 3 aromatic rings. The van der Waals surface area contributed by atoms with Crippen molar-refractivity contribution in [2.24, 2.45) is 5.10 Å². The van der Waals surface area contributed by atoms with Gasteiger partial charge >= 0.3 is 12.0 Å². The normalized spacial score (nSPS) is 14.5. The van der Waals surface area contributed by atoms with Gasteiger partial charge in [-0.1, -0.05) is 35.9 Å². The molecule has 0 radical (unpaired) electrons. The molecule has 12 heteroatoms. The summed E-state index contributed by atoms with van der Waals surface area (Å²) in [4.78, 5) is 37.1. The topological polar surface area (TPSA) is 137 Å². The van der Waals surface area contributed by atoms with Gasteiger partial charge in [0.15, 0.2) is 18.1 Å². The van der Waals surface area contributed by atoms with Gasteiger partial charge in [0.25, 0.3) is 5.91 Å². The molecule has 0 saturated heterocycles. The second kappa shape index (κ2) is 15.1. The molecule has 3 aromatic carbocycles. The monoisotopic (exact) mass is 664 g/mol. The third-order valence-electron chi connectivity index (χ3n) is 6.52. The molecular formula is C32H33BrN4O7. The zero-order chi connectivity index (χ0) is 31.6. The largest absolute Gasteiger partial charge is 0.493 e.